The van der Waals surface area contributed by atoms with Gasteiger partial charge in [0.2, 0.25) is 0 Å². The van der Waals surface area contributed by atoms with Gasteiger partial charge in [0.15, 0.2) is 0 Å². The van der Waals surface area contributed by atoms with Gasteiger partial charge in [-0.25, -0.2) is 4.98 Å². The van der Waals surface area contributed by atoms with Crippen LogP contribution in [0.3, 0.4) is 0 Å². The third kappa shape index (κ3) is 3.74. The molecule has 0 saturated carbocycles. The predicted molar refractivity (Wildman–Crippen MR) is 81.5 cm³/mol. The summed E-state index contributed by atoms with van der Waals surface area (Å²) in [6, 6.07) is 3.73. The lowest BCUT2D eigenvalue weighted by molar-refractivity contribution is -0.0674. The maximum atomic E-state index is 10.4. The van der Waals surface area contributed by atoms with Gasteiger partial charge in [0, 0.05) is 32.2 Å². The maximum absolute atomic E-state index is 10.4. The average molecular weight is 310 g/mol. The molecule has 0 spiro atoms. The number of aromatic nitrogens is 2. The quantitative estimate of drug-likeness (QED) is 0.830. The van der Waals surface area contributed by atoms with Gasteiger partial charge in [0.05, 0.1) is 16.3 Å². The van der Waals surface area contributed by atoms with Crippen molar-refractivity contribution >= 4 is 17.2 Å². The van der Waals surface area contributed by atoms with Gasteiger partial charge in [-0.1, -0.05) is 11.6 Å². The van der Waals surface area contributed by atoms with E-state index in [1.54, 1.807) is 0 Å². The Kier molecular flexibility index (Phi) is 4.45. The molecular weight excluding hydrogens is 290 g/mol. The van der Waals surface area contributed by atoms with Gasteiger partial charge in [-0.3, -0.25) is 0 Å². The summed E-state index contributed by atoms with van der Waals surface area (Å²) in [4.78, 5) is 4.51. The van der Waals surface area contributed by atoms with Crippen molar-refractivity contribution in [3.63, 3.8) is 0 Å². The Labute approximate surface area is 128 Å². The van der Waals surface area contributed by atoms with Crippen molar-refractivity contribution in [2.45, 2.75) is 31.4 Å². The molecule has 21 heavy (non-hydrogen) atoms. The molecule has 0 aromatic carbocycles. The number of imidazole rings is 1. The van der Waals surface area contributed by atoms with Gasteiger partial charge in [0.1, 0.15) is 5.65 Å². The summed E-state index contributed by atoms with van der Waals surface area (Å²) in [6.45, 7) is 2.77. The first-order valence-electron chi connectivity index (χ1n) is 7.29. The molecule has 5 nitrogen and oxygen atoms in total. The number of fused-ring (bicyclic) bond motifs is 1. The third-order valence-electron chi connectivity index (χ3n) is 3.96. The van der Waals surface area contributed by atoms with Crippen molar-refractivity contribution in [2.75, 3.05) is 19.8 Å². The van der Waals surface area contributed by atoms with Crippen molar-refractivity contribution in [3.05, 3.63) is 35.2 Å². The summed E-state index contributed by atoms with van der Waals surface area (Å²) in [7, 11) is 0. The fraction of sp³-hybridized carbons (Fsp3) is 0.533. The second-order valence-corrected chi connectivity index (χ2v) is 6.04. The Morgan fingerprint density at radius 1 is 1.33 bits per heavy atom. The van der Waals surface area contributed by atoms with E-state index in [-0.39, 0.29) is 0 Å². The molecule has 3 heterocycles. The van der Waals surface area contributed by atoms with E-state index in [1.165, 1.54) is 0 Å². The first-order valence-corrected chi connectivity index (χ1v) is 7.66. The minimum Gasteiger partial charge on any atom is -0.390 e. The first kappa shape index (κ1) is 14.8. The standard InChI is InChI=1S/C15H20ClN3O2/c16-12-1-2-14-18-13(11-19(14)10-12)9-17-6-3-15(20)4-7-21-8-5-15/h1-2,10-11,17,20H,3-9H2. The van der Waals surface area contributed by atoms with E-state index < -0.39 is 5.60 Å². The van der Waals surface area contributed by atoms with Crippen LogP contribution in [0.15, 0.2) is 24.5 Å². The summed E-state index contributed by atoms with van der Waals surface area (Å²) in [5.41, 5.74) is 1.29. The number of hydrogen-bond acceptors (Lipinski definition) is 4. The highest BCUT2D eigenvalue weighted by atomic mass is 35.5. The van der Waals surface area contributed by atoms with E-state index in [0.717, 1.165) is 37.1 Å². The molecule has 114 valence electrons. The zero-order valence-corrected chi connectivity index (χ0v) is 12.6. The van der Waals surface area contributed by atoms with Crippen molar-refractivity contribution in [2.24, 2.45) is 0 Å². The fourth-order valence-electron chi connectivity index (χ4n) is 2.64. The summed E-state index contributed by atoms with van der Waals surface area (Å²) in [5.74, 6) is 0. The highest BCUT2D eigenvalue weighted by Gasteiger charge is 2.28. The molecule has 1 aliphatic rings. The molecular formula is C15H20ClN3O2. The zero-order chi connectivity index (χ0) is 14.7. The molecule has 0 radical (unpaired) electrons. The van der Waals surface area contributed by atoms with Gasteiger partial charge >= 0.3 is 0 Å². The first-order chi connectivity index (χ1) is 10.1. The van der Waals surface area contributed by atoms with Crippen LogP contribution in [0.2, 0.25) is 5.02 Å². The van der Waals surface area contributed by atoms with E-state index in [0.29, 0.717) is 24.8 Å². The topological polar surface area (TPSA) is 58.8 Å². The Bertz CT molecular complexity index is 608. The molecule has 0 unspecified atom stereocenters. The molecule has 2 aromatic heterocycles. The summed E-state index contributed by atoms with van der Waals surface area (Å²) >= 11 is 5.95. The number of nitrogens with one attached hydrogen (secondary N) is 1. The number of pyridine rings is 1. The van der Waals surface area contributed by atoms with Crippen LogP contribution in [0.5, 0.6) is 0 Å². The molecule has 0 atom stereocenters. The summed E-state index contributed by atoms with van der Waals surface area (Å²) in [5, 5.41) is 14.4. The monoisotopic (exact) mass is 309 g/mol. The Hall–Kier alpha value is -1.14. The van der Waals surface area contributed by atoms with E-state index in [4.69, 9.17) is 16.3 Å². The van der Waals surface area contributed by atoms with Crippen LogP contribution in [0.4, 0.5) is 0 Å². The maximum Gasteiger partial charge on any atom is 0.137 e. The number of aliphatic hydroxyl groups is 1. The van der Waals surface area contributed by atoms with Crippen LogP contribution in [-0.2, 0) is 11.3 Å². The normalized spacial score (nSPS) is 18.2. The largest absolute Gasteiger partial charge is 0.390 e. The van der Waals surface area contributed by atoms with Crippen molar-refractivity contribution in [1.29, 1.82) is 0 Å². The molecule has 6 heteroatoms. The molecule has 1 fully saturated rings. The lowest BCUT2D eigenvalue weighted by atomic mass is 9.91. The van der Waals surface area contributed by atoms with E-state index in [2.05, 4.69) is 10.3 Å². The van der Waals surface area contributed by atoms with Crippen LogP contribution in [0.1, 0.15) is 25.0 Å². The second kappa shape index (κ2) is 6.32. The average Bonchev–Trinajstić information content (AvgIpc) is 2.86. The van der Waals surface area contributed by atoms with Crippen molar-refractivity contribution in [3.8, 4) is 0 Å². The van der Waals surface area contributed by atoms with Gasteiger partial charge in [-0.2, -0.15) is 0 Å². The number of rotatable bonds is 5. The van der Waals surface area contributed by atoms with Crippen LogP contribution in [-0.4, -0.2) is 39.9 Å². The van der Waals surface area contributed by atoms with Gasteiger partial charge in [-0.15, -0.1) is 0 Å². The predicted octanol–water partition coefficient (Wildman–Crippen LogP) is 2.01. The number of halogens is 1. The van der Waals surface area contributed by atoms with E-state index >= 15 is 0 Å². The number of hydrogen-bond donors (Lipinski definition) is 2. The molecule has 1 saturated heterocycles. The highest BCUT2D eigenvalue weighted by Crippen LogP contribution is 2.23. The molecule has 0 aliphatic carbocycles. The third-order valence-corrected chi connectivity index (χ3v) is 4.19. The lowest BCUT2D eigenvalue weighted by Crippen LogP contribution is -2.38. The second-order valence-electron chi connectivity index (χ2n) is 5.61. The molecule has 1 aliphatic heterocycles. The SMILES string of the molecule is OC1(CCNCc2cn3cc(Cl)ccc3n2)CCOCC1. The van der Waals surface area contributed by atoms with Crippen molar-refractivity contribution in [1.82, 2.24) is 14.7 Å². The lowest BCUT2D eigenvalue weighted by Gasteiger charge is -2.32. The van der Waals surface area contributed by atoms with E-state index in [9.17, 15) is 5.11 Å². The molecule has 2 aromatic rings. The van der Waals surface area contributed by atoms with E-state index in [1.807, 2.05) is 28.9 Å². The minimum absolute atomic E-state index is 0.572. The zero-order valence-electron chi connectivity index (χ0n) is 11.9. The van der Waals surface area contributed by atoms with Gasteiger partial charge in [-0.05, 0) is 37.9 Å². The molecule has 0 amide bonds. The van der Waals surface area contributed by atoms with Gasteiger partial charge < -0.3 is 19.6 Å². The highest BCUT2D eigenvalue weighted by molar-refractivity contribution is 6.30. The Morgan fingerprint density at radius 3 is 2.95 bits per heavy atom. The minimum atomic E-state index is -0.572. The van der Waals surface area contributed by atoms with Gasteiger partial charge in [0.25, 0.3) is 0 Å². The smallest absolute Gasteiger partial charge is 0.137 e. The Morgan fingerprint density at radius 2 is 2.14 bits per heavy atom. The van der Waals surface area contributed by atoms with Crippen LogP contribution in [0, 0.1) is 0 Å². The fourth-order valence-corrected chi connectivity index (χ4v) is 2.81. The molecule has 3 rings (SSSR count). The molecule has 2 N–H and O–H groups in total. The number of ether oxygens (including phenoxy) is 1. The summed E-state index contributed by atoms with van der Waals surface area (Å²) in [6.07, 6.45) is 6.01. The Balaban J connectivity index is 1.50. The van der Waals surface area contributed by atoms with Crippen LogP contribution >= 0.6 is 11.6 Å². The number of nitrogens with zero attached hydrogens (tertiary/aromatic N) is 2. The van der Waals surface area contributed by atoms with Crippen LogP contribution < -0.4 is 5.32 Å². The molecule has 0 bridgehead atoms. The summed E-state index contributed by atoms with van der Waals surface area (Å²) < 4.78 is 7.20. The van der Waals surface area contributed by atoms with Crippen LogP contribution in [0.25, 0.3) is 5.65 Å². The van der Waals surface area contributed by atoms with Crippen molar-refractivity contribution < 1.29 is 9.84 Å².